The summed E-state index contributed by atoms with van der Waals surface area (Å²) in [7, 11) is 0. The Morgan fingerprint density at radius 2 is 0.571 bits per heavy atom. The van der Waals surface area contributed by atoms with Crippen LogP contribution in [0.5, 0.6) is 28.7 Å². The summed E-state index contributed by atoms with van der Waals surface area (Å²) in [6.45, 7) is 3.73. The van der Waals surface area contributed by atoms with E-state index in [4.69, 9.17) is 0 Å². The zero-order chi connectivity index (χ0) is 55.3. The second-order valence-electron chi connectivity index (χ2n) is 20.0. The van der Waals surface area contributed by atoms with E-state index in [0.717, 1.165) is 38.5 Å². The molecule has 0 saturated heterocycles. The molecule has 1 unspecified atom stereocenters. The Morgan fingerprint density at radius 3 is 0.844 bits per heavy atom. The Balaban J connectivity index is 1.53. The van der Waals surface area contributed by atoms with E-state index >= 15 is 0 Å². The molecule has 0 radical (unpaired) electrons. The van der Waals surface area contributed by atoms with Crippen molar-refractivity contribution >= 4 is 29.5 Å². The van der Waals surface area contributed by atoms with E-state index < -0.39 is 29.0 Å². The molecule has 10 N–H and O–H groups in total. The fourth-order valence-electron chi connectivity index (χ4n) is 10.8. The lowest BCUT2D eigenvalue weighted by atomic mass is 9.57. The predicted octanol–water partition coefficient (Wildman–Crippen LogP) is 10.9. The van der Waals surface area contributed by atoms with Crippen LogP contribution in [0.2, 0.25) is 0 Å². The lowest BCUT2D eigenvalue weighted by Gasteiger charge is -2.48. The third-order valence-corrected chi connectivity index (χ3v) is 14.8. The van der Waals surface area contributed by atoms with E-state index in [2.05, 4.69) is 33.5 Å². The van der Waals surface area contributed by atoms with E-state index in [0.29, 0.717) is 96.9 Å². The van der Waals surface area contributed by atoms with Crippen LogP contribution in [-0.4, -0.2) is 87.8 Å². The Hall–Kier alpha value is -7.55. The number of aromatic hydroxyl groups is 5. The number of hydrogen-bond donors (Lipinski definition) is 10. The number of benzene rings is 5. The summed E-state index contributed by atoms with van der Waals surface area (Å²) in [4.78, 5) is 67.2. The fraction of sp³-hybridized carbons (Fsp3) is 0.435. The molecule has 0 aliphatic rings. The van der Waals surface area contributed by atoms with Crippen molar-refractivity contribution in [2.45, 2.75) is 122 Å². The number of amides is 5. The van der Waals surface area contributed by atoms with Gasteiger partial charge in [-0.25, -0.2) is 0 Å². The molecule has 1 atom stereocenters. The lowest BCUT2D eigenvalue weighted by molar-refractivity contribution is 0.0165. The van der Waals surface area contributed by atoms with Crippen LogP contribution < -0.4 is 26.6 Å². The maximum absolute atomic E-state index is 13.5. The molecule has 0 saturated carbocycles. The molecule has 5 amide bonds. The molecule has 15 nitrogen and oxygen atoms in total. The molecule has 0 bridgehead atoms. The monoisotopic (exact) mass is 1060 g/mol. The van der Waals surface area contributed by atoms with Crippen molar-refractivity contribution in [3.8, 4) is 28.7 Å². The molecule has 5 rings (SSSR count). The highest BCUT2D eigenvalue weighted by molar-refractivity contribution is 5.98. The van der Waals surface area contributed by atoms with Crippen LogP contribution in [0.4, 0.5) is 0 Å². The van der Waals surface area contributed by atoms with E-state index in [1.54, 1.807) is 91.0 Å². The second-order valence-corrected chi connectivity index (χ2v) is 20.0. The molecule has 15 heteroatoms. The van der Waals surface area contributed by atoms with Crippen molar-refractivity contribution in [1.82, 2.24) is 26.6 Å². The van der Waals surface area contributed by atoms with Crippen LogP contribution >= 0.6 is 0 Å². The first-order valence-corrected chi connectivity index (χ1v) is 27.7. The van der Waals surface area contributed by atoms with Crippen molar-refractivity contribution in [1.29, 1.82) is 0 Å². The molecular formula is C62H81N5O10. The second kappa shape index (κ2) is 32.8. The number of para-hydroxylation sites is 5. The molecule has 0 heterocycles. The molecular weight excluding hydrogens is 975 g/mol. The number of carbonyl (C=O) groups is 5. The van der Waals surface area contributed by atoms with E-state index in [9.17, 15) is 49.5 Å². The highest BCUT2D eigenvalue weighted by Crippen LogP contribution is 2.52. The summed E-state index contributed by atoms with van der Waals surface area (Å²) >= 11 is 0. The topological polar surface area (TPSA) is 247 Å². The van der Waals surface area contributed by atoms with Gasteiger partial charge in [0.05, 0.1) is 27.8 Å². The smallest absolute Gasteiger partial charge is 0.255 e. The van der Waals surface area contributed by atoms with Gasteiger partial charge in [0.1, 0.15) is 28.7 Å². The third-order valence-electron chi connectivity index (χ3n) is 14.8. The Kier molecular flexibility index (Phi) is 25.7. The molecule has 0 fully saturated rings. The quantitative estimate of drug-likeness (QED) is 0.0172. The van der Waals surface area contributed by atoms with Crippen LogP contribution in [-0.2, 0) is 0 Å². The highest BCUT2D eigenvalue weighted by atomic mass is 16.3. The summed E-state index contributed by atoms with van der Waals surface area (Å²) in [5.74, 6) is -2.62. The van der Waals surface area contributed by atoms with E-state index in [1.807, 2.05) is 0 Å². The first-order valence-electron chi connectivity index (χ1n) is 27.7. The first-order chi connectivity index (χ1) is 37.4. The molecule has 5 aromatic rings. The normalized spacial score (nSPS) is 11.7. The molecule has 0 aliphatic heterocycles. The predicted molar refractivity (Wildman–Crippen MR) is 300 cm³/mol. The number of phenolic OH excluding ortho intramolecular Hbond substituents is 5. The van der Waals surface area contributed by atoms with Crippen molar-refractivity contribution in [2.75, 3.05) is 32.7 Å². The molecule has 5 aromatic carbocycles. The molecule has 77 heavy (non-hydrogen) atoms. The Labute approximate surface area is 454 Å². The van der Waals surface area contributed by atoms with Gasteiger partial charge < -0.3 is 52.1 Å². The van der Waals surface area contributed by atoms with Gasteiger partial charge in [-0.1, -0.05) is 113 Å². The third kappa shape index (κ3) is 19.2. The molecule has 0 aliphatic carbocycles. The number of carbonyl (C=O) groups excluding carboxylic acids is 5. The summed E-state index contributed by atoms with van der Waals surface area (Å²) in [6, 6.07) is 31.9. The van der Waals surface area contributed by atoms with Gasteiger partial charge in [0.15, 0.2) is 0 Å². The highest BCUT2D eigenvalue weighted by Gasteiger charge is 2.43. The number of nitrogens with one attached hydrogen (secondary N) is 5. The minimum absolute atomic E-state index is 0.0413. The van der Waals surface area contributed by atoms with Gasteiger partial charge in [-0.05, 0) is 149 Å². The fourth-order valence-corrected chi connectivity index (χ4v) is 10.8. The van der Waals surface area contributed by atoms with Gasteiger partial charge in [-0.15, -0.1) is 0 Å². The zero-order valence-corrected chi connectivity index (χ0v) is 44.7. The summed E-state index contributed by atoms with van der Waals surface area (Å²) in [6.07, 6.45) is 14.6. The maximum Gasteiger partial charge on any atom is 0.255 e. The van der Waals surface area contributed by atoms with Crippen molar-refractivity contribution in [3.05, 3.63) is 149 Å². The number of hydrogen-bond acceptors (Lipinski definition) is 10. The lowest BCUT2D eigenvalue weighted by Crippen LogP contribution is -2.41. The van der Waals surface area contributed by atoms with Crippen molar-refractivity contribution < 1.29 is 49.5 Å². The van der Waals surface area contributed by atoms with Gasteiger partial charge in [0, 0.05) is 32.7 Å². The van der Waals surface area contributed by atoms with E-state index in [1.165, 1.54) is 43.2 Å². The Morgan fingerprint density at radius 1 is 0.338 bits per heavy atom. The van der Waals surface area contributed by atoms with Crippen LogP contribution in [0.25, 0.3) is 0 Å². The first kappa shape index (κ1) is 60.3. The zero-order valence-electron chi connectivity index (χ0n) is 44.7. The van der Waals surface area contributed by atoms with Crippen LogP contribution in [0.3, 0.4) is 0 Å². The van der Waals surface area contributed by atoms with Gasteiger partial charge in [-0.2, -0.15) is 0 Å². The molecule has 0 aromatic heterocycles. The van der Waals surface area contributed by atoms with E-state index in [-0.39, 0.29) is 74.3 Å². The van der Waals surface area contributed by atoms with Crippen LogP contribution in [0, 0.1) is 17.3 Å². The summed E-state index contributed by atoms with van der Waals surface area (Å²) in [5, 5.41) is 67.7. The maximum atomic E-state index is 13.5. The average molecular weight is 1060 g/mol. The largest absolute Gasteiger partial charge is 0.507 e. The average Bonchev–Trinajstić information content (AvgIpc) is 3.43. The van der Waals surface area contributed by atoms with Crippen LogP contribution in [0.15, 0.2) is 121 Å². The molecule has 0 spiro atoms. The van der Waals surface area contributed by atoms with Gasteiger partial charge in [0.25, 0.3) is 29.5 Å². The standard InChI is InChI=1S/C62H81N5O10/c1-2-3-4-5-6-7-8-24-45(25-19-40-63-57(73)47-28-9-14-33-52(47)68)62(38-22-43-66-60(76)50-31-12-17-36-55(50)71,39-23-44-67-61(77)51-32-13-18-37-56(51)72)46(26-20-41-64-58(74)48-29-10-15-34-53(48)69)27-21-42-65-59(75)49-30-11-16-35-54(49)70/h9-18,28-37,45-46,68-72H,2-8,19-27,38-44H2,1H3,(H,63,73)(H,64,74)(H,65,75)(H,66,76)(H,67,77). The summed E-state index contributed by atoms with van der Waals surface area (Å²) in [5.41, 5.74) is 0.348. The van der Waals surface area contributed by atoms with Crippen LogP contribution in [0.1, 0.15) is 174 Å². The summed E-state index contributed by atoms with van der Waals surface area (Å²) < 4.78 is 0. The van der Waals surface area contributed by atoms with Gasteiger partial charge >= 0.3 is 0 Å². The Bertz CT molecular complexity index is 2510. The van der Waals surface area contributed by atoms with Gasteiger partial charge in [-0.3, -0.25) is 24.0 Å². The minimum atomic E-state index is -0.493. The number of rotatable bonds is 35. The SMILES string of the molecule is CCCCCCCCCC(CCCNC(=O)c1ccccc1O)C(CCCNC(=O)c1ccccc1O)(CCCNC(=O)c1ccccc1O)C(CCCNC(=O)c1ccccc1O)CCCNC(=O)c1ccccc1O. The van der Waals surface area contributed by atoms with Crippen molar-refractivity contribution in [3.63, 3.8) is 0 Å². The number of unbranched alkanes of at least 4 members (excludes halogenated alkanes) is 6. The number of phenols is 5. The minimum Gasteiger partial charge on any atom is -0.507 e. The molecule has 414 valence electrons. The van der Waals surface area contributed by atoms with Gasteiger partial charge in [0.2, 0.25) is 0 Å². The van der Waals surface area contributed by atoms with Crippen molar-refractivity contribution in [2.24, 2.45) is 17.3 Å².